The lowest BCUT2D eigenvalue weighted by atomic mass is 10.0. The second-order valence-electron chi connectivity index (χ2n) is 5.67. The fraction of sp³-hybridized carbons (Fsp3) is 0.500. The number of rotatable bonds is 3. The van der Waals surface area contributed by atoms with Crippen molar-refractivity contribution >= 4 is 17.6 Å². The molecule has 1 atom stereocenters. The number of amides is 1. The molecule has 0 radical (unpaired) electrons. The van der Waals surface area contributed by atoms with Crippen LogP contribution in [0.25, 0.3) is 0 Å². The third-order valence-corrected chi connectivity index (χ3v) is 4.22. The summed E-state index contributed by atoms with van der Waals surface area (Å²) in [6, 6.07) is 5.42. The van der Waals surface area contributed by atoms with Gasteiger partial charge in [-0.25, -0.2) is 4.79 Å². The van der Waals surface area contributed by atoms with Crippen LogP contribution < -0.4 is 4.90 Å². The molecule has 0 N–H and O–H groups in total. The van der Waals surface area contributed by atoms with Crippen molar-refractivity contribution in [3.8, 4) is 0 Å². The van der Waals surface area contributed by atoms with Gasteiger partial charge in [0.2, 0.25) is 5.91 Å². The predicted octanol–water partition coefficient (Wildman–Crippen LogP) is 2.36. The Labute approximate surface area is 118 Å². The summed E-state index contributed by atoms with van der Waals surface area (Å²) in [6.45, 7) is 4.42. The Balaban J connectivity index is 2.02. The molecule has 4 heteroatoms. The maximum absolute atomic E-state index is 12.6. The molecule has 106 valence electrons. The first-order valence-corrected chi connectivity index (χ1v) is 7.15. The van der Waals surface area contributed by atoms with Crippen molar-refractivity contribution in [1.29, 1.82) is 0 Å². The zero-order valence-electron chi connectivity index (χ0n) is 11.9. The molecule has 2 aliphatic rings. The van der Waals surface area contributed by atoms with Gasteiger partial charge in [0, 0.05) is 18.0 Å². The van der Waals surface area contributed by atoms with Gasteiger partial charge >= 0.3 is 5.97 Å². The maximum Gasteiger partial charge on any atom is 0.329 e. The van der Waals surface area contributed by atoms with Crippen LogP contribution in [0.4, 0.5) is 5.69 Å². The molecule has 1 saturated heterocycles. The number of hydrogen-bond acceptors (Lipinski definition) is 3. The van der Waals surface area contributed by atoms with E-state index in [2.05, 4.69) is 0 Å². The molecular formula is C16H19NO3. The lowest BCUT2D eigenvalue weighted by Crippen LogP contribution is -2.44. The summed E-state index contributed by atoms with van der Waals surface area (Å²) in [5.41, 5.74) is 3.04. The van der Waals surface area contributed by atoms with Crippen LogP contribution in [-0.4, -0.2) is 24.5 Å². The average Bonchev–Trinajstić information content (AvgIpc) is 3.19. The molecule has 0 bridgehead atoms. The molecule has 1 saturated carbocycles. The zero-order chi connectivity index (χ0) is 14.3. The fourth-order valence-electron chi connectivity index (χ4n) is 2.68. The number of anilines is 1. The van der Waals surface area contributed by atoms with E-state index < -0.39 is 6.04 Å². The van der Waals surface area contributed by atoms with Crippen molar-refractivity contribution in [2.45, 2.75) is 39.2 Å². The van der Waals surface area contributed by atoms with E-state index in [1.807, 2.05) is 32.0 Å². The van der Waals surface area contributed by atoms with Crippen molar-refractivity contribution < 1.29 is 14.3 Å². The van der Waals surface area contributed by atoms with E-state index in [1.165, 1.54) is 0 Å². The number of esters is 1. The summed E-state index contributed by atoms with van der Waals surface area (Å²) in [7, 11) is 0. The minimum Gasteiger partial charge on any atom is -0.464 e. The third kappa shape index (κ3) is 2.19. The highest BCUT2D eigenvalue weighted by atomic mass is 16.5. The molecule has 1 aromatic carbocycles. The number of carbonyl (C=O) groups is 2. The van der Waals surface area contributed by atoms with Crippen LogP contribution in [0.3, 0.4) is 0 Å². The zero-order valence-corrected chi connectivity index (χ0v) is 11.9. The second kappa shape index (κ2) is 4.93. The molecule has 3 rings (SSSR count). The van der Waals surface area contributed by atoms with Crippen molar-refractivity contribution in [3.05, 3.63) is 29.3 Å². The Morgan fingerprint density at radius 1 is 1.25 bits per heavy atom. The summed E-state index contributed by atoms with van der Waals surface area (Å²) in [6.07, 6.45) is 2.45. The molecule has 1 aliphatic heterocycles. The summed E-state index contributed by atoms with van der Waals surface area (Å²) in [5, 5.41) is 0. The van der Waals surface area contributed by atoms with Gasteiger partial charge in [0.15, 0.2) is 0 Å². The molecule has 0 aromatic heterocycles. The Kier molecular flexibility index (Phi) is 3.24. The van der Waals surface area contributed by atoms with E-state index >= 15 is 0 Å². The molecule has 1 heterocycles. The monoisotopic (exact) mass is 273 g/mol. The molecule has 4 nitrogen and oxygen atoms in total. The molecule has 1 aliphatic carbocycles. The van der Waals surface area contributed by atoms with Crippen molar-refractivity contribution in [2.75, 3.05) is 11.5 Å². The standard InChI is InChI=1S/C16H19NO3/c1-10-4-3-5-13(11(10)2)17(15(18)12-6-7-12)14-8-9-20-16(14)19/h3-5,12,14H,6-9H2,1-2H3. The molecule has 1 aromatic rings. The number of nitrogens with zero attached hydrogens (tertiary/aromatic N) is 1. The fourth-order valence-corrected chi connectivity index (χ4v) is 2.68. The molecular weight excluding hydrogens is 254 g/mol. The van der Waals surface area contributed by atoms with Crippen LogP contribution in [0.15, 0.2) is 18.2 Å². The second-order valence-corrected chi connectivity index (χ2v) is 5.67. The van der Waals surface area contributed by atoms with Crippen LogP contribution in [-0.2, 0) is 14.3 Å². The van der Waals surface area contributed by atoms with Crippen LogP contribution in [0.5, 0.6) is 0 Å². The minimum atomic E-state index is -0.455. The van der Waals surface area contributed by atoms with Gasteiger partial charge in [0.05, 0.1) is 6.61 Å². The maximum atomic E-state index is 12.6. The van der Waals surface area contributed by atoms with Gasteiger partial charge in [-0.15, -0.1) is 0 Å². The van der Waals surface area contributed by atoms with Gasteiger partial charge in [-0.2, -0.15) is 0 Å². The Morgan fingerprint density at radius 2 is 2.00 bits per heavy atom. The summed E-state index contributed by atoms with van der Waals surface area (Å²) in [5.74, 6) is -0.120. The van der Waals surface area contributed by atoms with Gasteiger partial charge in [-0.05, 0) is 43.9 Å². The van der Waals surface area contributed by atoms with E-state index in [0.717, 1.165) is 29.7 Å². The lowest BCUT2D eigenvalue weighted by Gasteiger charge is -2.28. The van der Waals surface area contributed by atoms with Crippen LogP contribution >= 0.6 is 0 Å². The number of benzene rings is 1. The van der Waals surface area contributed by atoms with Gasteiger partial charge < -0.3 is 4.74 Å². The van der Waals surface area contributed by atoms with Crippen molar-refractivity contribution in [3.63, 3.8) is 0 Å². The summed E-state index contributed by atoms with van der Waals surface area (Å²) in [4.78, 5) is 26.2. The first-order chi connectivity index (χ1) is 9.59. The van der Waals surface area contributed by atoms with E-state index in [1.54, 1.807) is 4.90 Å². The van der Waals surface area contributed by atoms with E-state index in [9.17, 15) is 9.59 Å². The third-order valence-electron chi connectivity index (χ3n) is 4.22. The molecule has 20 heavy (non-hydrogen) atoms. The molecule has 2 fully saturated rings. The van der Waals surface area contributed by atoms with Gasteiger partial charge in [-0.1, -0.05) is 12.1 Å². The molecule has 1 unspecified atom stereocenters. The summed E-state index contributed by atoms with van der Waals surface area (Å²) < 4.78 is 5.06. The Hall–Kier alpha value is -1.84. The Bertz CT molecular complexity index is 563. The first kappa shape index (κ1) is 13.2. The van der Waals surface area contributed by atoms with Gasteiger partial charge in [0.25, 0.3) is 0 Å². The molecule has 0 spiro atoms. The van der Waals surface area contributed by atoms with Crippen molar-refractivity contribution in [1.82, 2.24) is 0 Å². The van der Waals surface area contributed by atoms with Crippen molar-refractivity contribution in [2.24, 2.45) is 5.92 Å². The summed E-state index contributed by atoms with van der Waals surface area (Å²) >= 11 is 0. The first-order valence-electron chi connectivity index (χ1n) is 7.15. The number of ether oxygens (including phenoxy) is 1. The van der Waals surface area contributed by atoms with E-state index in [0.29, 0.717) is 13.0 Å². The number of cyclic esters (lactones) is 1. The van der Waals surface area contributed by atoms with Crippen LogP contribution in [0.2, 0.25) is 0 Å². The Morgan fingerprint density at radius 3 is 2.60 bits per heavy atom. The molecule has 1 amide bonds. The highest BCUT2D eigenvalue weighted by Crippen LogP contribution is 2.36. The highest BCUT2D eigenvalue weighted by Gasteiger charge is 2.42. The smallest absolute Gasteiger partial charge is 0.329 e. The van der Waals surface area contributed by atoms with Crippen LogP contribution in [0, 0.1) is 19.8 Å². The van der Waals surface area contributed by atoms with Crippen LogP contribution in [0.1, 0.15) is 30.4 Å². The number of hydrogen-bond donors (Lipinski definition) is 0. The lowest BCUT2D eigenvalue weighted by molar-refractivity contribution is -0.140. The van der Waals surface area contributed by atoms with E-state index in [-0.39, 0.29) is 17.8 Å². The SMILES string of the molecule is Cc1cccc(N(C(=O)C2CC2)C2CCOC2=O)c1C. The topological polar surface area (TPSA) is 46.6 Å². The number of carbonyl (C=O) groups excluding carboxylic acids is 2. The normalized spacial score (nSPS) is 21.7. The highest BCUT2D eigenvalue weighted by molar-refractivity contribution is 6.02. The number of aryl methyl sites for hydroxylation is 1. The predicted molar refractivity (Wildman–Crippen MR) is 75.5 cm³/mol. The average molecular weight is 273 g/mol. The van der Waals surface area contributed by atoms with E-state index in [4.69, 9.17) is 4.74 Å². The quantitative estimate of drug-likeness (QED) is 0.794. The largest absolute Gasteiger partial charge is 0.464 e. The van der Waals surface area contributed by atoms with Gasteiger partial charge in [0.1, 0.15) is 6.04 Å². The van der Waals surface area contributed by atoms with Gasteiger partial charge in [-0.3, -0.25) is 9.69 Å². The minimum absolute atomic E-state index is 0.0718.